The van der Waals surface area contributed by atoms with E-state index in [0.717, 1.165) is 37.2 Å². The topological polar surface area (TPSA) is 80.9 Å². The second kappa shape index (κ2) is 7.78. The van der Waals surface area contributed by atoms with E-state index in [0.29, 0.717) is 5.16 Å². The molecular formula is C14H18N4O2S. The standard InChI is InChI=1S/C14H18N4O2S/c1-2-4-12-16-17-14(21-10-13(19)20)18(12)8-6-11-5-3-7-15-9-11/h3,5,7,9H,2,4,6,8,10H2,1H3,(H,19,20). The average Bonchev–Trinajstić information content (AvgIpc) is 2.86. The van der Waals surface area contributed by atoms with Crippen LogP contribution in [0.5, 0.6) is 0 Å². The second-order valence-electron chi connectivity index (χ2n) is 4.59. The summed E-state index contributed by atoms with van der Waals surface area (Å²) < 4.78 is 2.02. The van der Waals surface area contributed by atoms with Gasteiger partial charge in [0.1, 0.15) is 5.82 Å². The third-order valence-electron chi connectivity index (χ3n) is 2.94. The quantitative estimate of drug-likeness (QED) is 0.752. The zero-order chi connectivity index (χ0) is 15.1. The van der Waals surface area contributed by atoms with Gasteiger partial charge in [-0.05, 0) is 24.5 Å². The molecule has 21 heavy (non-hydrogen) atoms. The number of hydrogen-bond acceptors (Lipinski definition) is 5. The van der Waals surface area contributed by atoms with Crippen LogP contribution < -0.4 is 0 Å². The number of carboxylic acids is 1. The predicted molar refractivity (Wildman–Crippen MR) is 80.3 cm³/mol. The van der Waals surface area contributed by atoms with Gasteiger partial charge < -0.3 is 9.67 Å². The average molecular weight is 306 g/mol. The van der Waals surface area contributed by atoms with E-state index in [4.69, 9.17) is 5.11 Å². The molecule has 7 heteroatoms. The number of nitrogens with zero attached hydrogens (tertiary/aromatic N) is 4. The molecular weight excluding hydrogens is 288 g/mol. The van der Waals surface area contributed by atoms with E-state index in [1.807, 2.05) is 22.9 Å². The van der Waals surface area contributed by atoms with Crippen molar-refractivity contribution in [1.82, 2.24) is 19.7 Å². The number of aryl methyl sites for hydroxylation is 2. The first-order chi connectivity index (χ1) is 10.2. The summed E-state index contributed by atoms with van der Waals surface area (Å²) in [5.41, 5.74) is 1.14. The summed E-state index contributed by atoms with van der Waals surface area (Å²) in [6, 6.07) is 3.94. The van der Waals surface area contributed by atoms with E-state index >= 15 is 0 Å². The van der Waals surface area contributed by atoms with Crippen molar-refractivity contribution in [2.75, 3.05) is 5.75 Å². The molecule has 0 aromatic carbocycles. The van der Waals surface area contributed by atoms with Crippen molar-refractivity contribution in [3.05, 3.63) is 35.9 Å². The minimum Gasteiger partial charge on any atom is -0.481 e. The maximum Gasteiger partial charge on any atom is 0.313 e. The van der Waals surface area contributed by atoms with Crippen LogP contribution in [-0.2, 0) is 24.2 Å². The summed E-state index contributed by atoms with van der Waals surface area (Å²) >= 11 is 1.21. The minimum atomic E-state index is -0.848. The van der Waals surface area contributed by atoms with Crippen molar-refractivity contribution in [3.8, 4) is 0 Å². The third-order valence-corrected chi connectivity index (χ3v) is 3.89. The Bertz CT molecular complexity index is 586. The summed E-state index contributed by atoms with van der Waals surface area (Å²) in [6.45, 7) is 2.82. The number of aromatic nitrogens is 4. The Morgan fingerprint density at radius 3 is 2.90 bits per heavy atom. The molecule has 2 aromatic rings. The molecule has 0 bridgehead atoms. The van der Waals surface area contributed by atoms with Crippen LogP contribution in [0.1, 0.15) is 24.7 Å². The van der Waals surface area contributed by atoms with Gasteiger partial charge in [0.25, 0.3) is 0 Å². The Morgan fingerprint density at radius 1 is 1.38 bits per heavy atom. The molecule has 1 N–H and O–H groups in total. The summed E-state index contributed by atoms with van der Waals surface area (Å²) in [7, 11) is 0. The van der Waals surface area contributed by atoms with Crippen LogP contribution >= 0.6 is 11.8 Å². The first-order valence-electron chi connectivity index (χ1n) is 6.86. The van der Waals surface area contributed by atoms with Crippen molar-refractivity contribution < 1.29 is 9.90 Å². The van der Waals surface area contributed by atoms with E-state index in [1.54, 1.807) is 6.20 Å². The molecule has 0 atom stereocenters. The lowest BCUT2D eigenvalue weighted by molar-refractivity contribution is -0.133. The van der Waals surface area contributed by atoms with Crippen LogP contribution in [0.2, 0.25) is 0 Å². The highest BCUT2D eigenvalue weighted by molar-refractivity contribution is 7.99. The van der Waals surface area contributed by atoms with Crippen molar-refractivity contribution in [3.63, 3.8) is 0 Å². The molecule has 0 saturated heterocycles. The number of pyridine rings is 1. The summed E-state index contributed by atoms with van der Waals surface area (Å²) in [6.07, 6.45) is 6.23. The number of thioether (sulfide) groups is 1. The fourth-order valence-electron chi connectivity index (χ4n) is 1.97. The maximum atomic E-state index is 10.7. The Balaban J connectivity index is 2.10. The molecule has 0 amide bonds. The van der Waals surface area contributed by atoms with Crippen molar-refractivity contribution in [2.24, 2.45) is 0 Å². The zero-order valence-electron chi connectivity index (χ0n) is 11.9. The van der Waals surface area contributed by atoms with E-state index < -0.39 is 5.97 Å². The number of rotatable bonds is 8. The highest BCUT2D eigenvalue weighted by Gasteiger charge is 2.13. The number of hydrogen-bond donors (Lipinski definition) is 1. The number of carboxylic acid groups (broad SMARTS) is 1. The smallest absolute Gasteiger partial charge is 0.313 e. The van der Waals surface area contributed by atoms with Crippen LogP contribution in [0.4, 0.5) is 0 Å². The minimum absolute atomic E-state index is 0.00283. The van der Waals surface area contributed by atoms with Crippen LogP contribution in [0.3, 0.4) is 0 Å². The maximum absolute atomic E-state index is 10.7. The van der Waals surface area contributed by atoms with E-state index in [2.05, 4.69) is 22.1 Å². The molecule has 0 aliphatic rings. The molecule has 0 aliphatic carbocycles. The van der Waals surface area contributed by atoms with Crippen LogP contribution in [-0.4, -0.2) is 36.6 Å². The second-order valence-corrected chi connectivity index (χ2v) is 5.54. The Hall–Kier alpha value is -1.89. The van der Waals surface area contributed by atoms with Crippen LogP contribution in [0.25, 0.3) is 0 Å². The van der Waals surface area contributed by atoms with Gasteiger partial charge in [0, 0.05) is 25.4 Å². The van der Waals surface area contributed by atoms with Gasteiger partial charge in [-0.25, -0.2) is 0 Å². The van der Waals surface area contributed by atoms with E-state index in [9.17, 15) is 4.79 Å². The van der Waals surface area contributed by atoms with E-state index in [1.165, 1.54) is 11.8 Å². The Kier molecular flexibility index (Phi) is 5.74. The molecule has 2 rings (SSSR count). The molecule has 2 heterocycles. The largest absolute Gasteiger partial charge is 0.481 e. The van der Waals surface area contributed by atoms with Gasteiger partial charge in [-0.2, -0.15) is 0 Å². The Labute approximate surface area is 127 Å². The van der Waals surface area contributed by atoms with Gasteiger partial charge in [0.15, 0.2) is 5.16 Å². The molecule has 0 spiro atoms. The van der Waals surface area contributed by atoms with Gasteiger partial charge in [0.2, 0.25) is 0 Å². The molecule has 0 fully saturated rings. The molecule has 0 saturated carbocycles. The molecule has 6 nitrogen and oxygen atoms in total. The number of carbonyl (C=O) groups is 1. The van der Waals surface area contributed by atoms with Crippen molar-refractivity contribution in [2.45, 2.75) is 37.9 Å². The highest BCUT2D eigenvalue weighted by atomic mass is 32.2. The normalized spacial score (nSPS) is 10.7. The fraction of sp³-hybridized carbons (Fsp3) is 0.429. The van der Waals surface area contributed by atoms with Crippen LogP contribution in [0, 0.1) is 0 Å². The monoisotopic (exact) mass is 306 g/mol. The van der Waals surface area contributed by atoms with Crippen LogP contribution in [0.15, 0.2) is 29.7 Å². The first kappa shape index (κ1) is 15.5. The third kappa shape index (κ3) is 4.56. The SMILES string of the molecule is CCCc1nnc(SCC(=O)O)n1CCc1cccnc1. The van der Waals surface area contributed by atoms with E-state index in [-0.39, 0.29) is 5.75 Å². The highest BCUT2D eigenvalue weighted by Crippen LogP contribution is 2.18. The van der Waals surface area contributed by atoms with Gasteiger partial charge in [-0.1, -0.05) is 24.8 Å². The lowest BCUT2D eigenvalue weighted by Crippen LogP contribution is -2.09. The first-order valence-corrected chi connectivity index (χ1v) is 7.84. The molecule has 0 unspecified atom stereocenters. The Morgan fingerprint density at radius 2 is 2.24 bits per heavy atom. The summed E-state index contributed by atoms with van der Waals surface area (Å²) in [4.78, 5) is 14.8. The van der Waals surface area contributed by atoms with Gasteiger partial charge in [-0.15, -0.1) is 10.2 Å². The fourth-order valence-corrected chi connectivity index (χ4v) is 2.68. The molecule has 0 aliphatic heterocycles. The lowest BCUT2D eigenvalue weighted by atomic mass is 10.2. The number of aliphatic carboxylic acids is 1. The van der Waals surface area contributed by atoms with Gasteiger partial charge in [0.05, 0.1) is 5.75 Å². The summed E-state index contributed by atoms with van der Waals surface area (Å²) in [5.74, 6) is 0.0603. The van der Waals surface area contributed by atoms with Gasteiger partial charge >= 0.3 is 5.97 Å². The lowest BCUT2D eigenvalue weighted by Gasteiger charge is -2.09. The molecule has 0 radical (unpaired) electrons. The molecule has 112 valence electrons. The van der Waals surface area contributed by atoms with Gasteiger partial charge in [-0.3, -0.25) is 9.78 Å². The summed E-state index contributed by atoms with van der Waals surface area (Å²) in [5, 5.41) is 17.8. The zero-order valence-corrected chi connectivity index (χ0v) is 12.7. The predicted octanol–water partition coefficient (Wildman–Crippen LogP) is 2.04. The van der Waals surface area contributed by atoms with Crippen molar-refractivity contribution in [1.29, 1.82) is 0 Å². The molecule has 2 aromatic heterocycles. The van der Waals surface area contributed by atoms with Crippen molar-refractivity contribution >= 4 is 17.7 Å².